The number of hydrogen-bond acceptors (Lipinski definition) is 3. The Bertz CT molecular complexity index is 1590. The van der Waals surface area contributed by atoms with Crippen LogP contribution in [0.1, 0.15) is 11.1 Å². The van der Waals surface area contributed by atoms with Crippen molar-refractivity contribution in [2.75, 3.05) is 5.32 Å². The second-order valence-electron chi connectivity index (χ2n) is 8.26. The maximum absolute atomic E-state index is 13.5. The van der Waals surface area contributed by atoms with Gasteiger partial charge in [-0.1, -0.05) is 72.8 Å². The first-order chi connectivity index (χ1) is 16.7. The van der Waals surface area contributed by atoms with Gasteiger partial charge in [0.25, 0.3) is 5.56 Å². The Kier molecular flexibility index (Phi) is 4.77. The molecule has 0 fully saturated rings. The van der Waals surface area contributed by atoms with Gasteiger partial charge in [0.15, 0.2) is 0 Å². The summed E-state index contributed by atoms with van der Waals surface area (Å²) >= 11 is 0. The molecule has 5 aromatic rings. The molecule has 4 aromatic carbocycles. The highest BCUT2D eigenvalue weighted by Crippen LogP contribution is 2.35. The van der Waals surface area contributed by atoms with E-state index in [1.165, 1.54) is 4.68 Å². The molecule has 166 valence electrons. The summed E-state index contributed by atoms with van der Waals surface area (Å²) in [4.78, 5) is 26.7. The van der Waals surface area contributed by atoms with Gasteiger partial charge in [0.1, 0.15) is 12.3 Å². The van der Waals surface area contributed by atoms with E-state index >= 15 is 0 Å². The molecule has 1 aliphatic rings. The number of fused-ring (bicyclic) bond motifs is 3. The van der Waals surface area contributed by atoms with E-state index in [-0.39, 0.29) is 18.0 Å². The molecule has 6 rings (SSSR count). The molecule has 34 heavy (non-hydrogen) atoms. The zero-order valence-corrected chi connectivity index (χ0v) is 18.3. The second-order valence-corrected chi connectivity index (χ2v) is 8.26. The van der Waals surface area contributed by atoms with Crippen molar-refractivity contribution in [1.29, 1.82) is 0 Å². The van der Waals surface area contributed by atoms with Gasteiger partial charge < -0.3 is 10.1 Å². The molecule has 0 spiro atoms. The molecule has 0 saturated heterocycles. The van der Waals surface area contributed by atoms with Gasteiger partial charge >= 0.3 is 0 Å². The lowest BCUT2D eigenvalue weighted by Crippen LogP contribution is -2.27. The second kappa shape index (κ2) is 8.08. The van der Waals surface area contributed by atoms with Crippen molar-refractivity contribution < 1.29 is 9.53 Å². The van der Waals surface area contributed by atoms with Crippen LogP contribution in [-0.2, 0) is 17.8 Å². The maximum Gasteiger partial charge on any atom is 0.278 e. The van der Waals surface area contributed by atoms with E-state index in [1.807, 2.05) is 97.1 Å². The van der Waals surface area contributed by atoms with Crippen LogP contribution in [0.4, 0.5) is 5.69 Å². The first-order valence-electron chi connectivity index (χ1n) is 11.1. The molecule has 1 aromatic heterocycles. The Balaban J connectivity index is 1.42. The molecule has 0 atom stereocenters. The fourth-order valence-electron chi connectivity index (χ4n) is 4.51. The predicted molar refractivity (Wildman–Crippen MR) is 132 cm³/mol. The highest BCUT2D eigenvalue weighted by Gasteiger charge is 2.29. The monoisotopic (exact) mass is 447 g/mol. The predicted octanol–water partition coefficient (Wildman–Crippen LogP) is 5.13. The number of amides is 1. The van der Waals surface area contributed by atoms with E-state index in [0.29, 0.717) is 29.3 Å². The minimum absolute atomic E-state index is 0.0785. The molecule has 1 aliphatic heterocycles. The number of benzene rings is 4. The maximum atomic E-state index is 13.5. The first kappa shape index (κ1) is 20.1. The highest BCUT2D eigenvalue weighted by atomic mass is 16.5. The number of rotatable bonds is 4. The number of hydrogen-bond donors (Lipinski definition) is 1. The topological polar surface area (TPSA) is 65.3 Å². The number of aromatic nitrogens is 2. The fraction of sp³-hybridized carbons (Fsp3) is 0.0714. The molecular weight excluding hydrogens is 426 g/mol. The molecule has 0 radical (unpaired) electrons. The van der Waals surface area contributed by atoms with Gasteiger partial charge in [0, 0.05) is 17.5 Å². The van der Waals surface area contributed by atoms with Crippen molar-refractivity contribution in [2.45, 2.75) is 13.0 Å². The van der Waals surface area contributed by atoms with E-state index in [0.717, 1.165) is 22.0 Å². The van der Waals surface area contributed by atoms with Crippen LogP contribution in [-0.4, -0.2) is 15.3 Å². The number of nitrogens with one attached hydrogen (secondary N) is 1. The number of carbonyl (C=O) groups is 1. The van der Waals surface area contributed by atoms with Crippen LogP contribution < -0.4 is 15.6 Å². The minimum atomic E-state index is -0.249. The average Bonchev–Trinajstić information content (AvgIpc) is 3.13. The third-order valence-corrected chi connectivity index (χ3v) is 6.09. The van der Waals surface area contributed by atoms with E-state index in [2.05, 4.69) is 5.32 Å². The van der Waals surface area contributed by atoms with Crippen molar-refractivity contribution in [3.05, 3.63) is 119 Å². The zero-order chi connectivity index (χ0) is 23.1. The molecule has 2 heterocycles. The van der Waals surface area contributed by atoms with Crippen LogP contribution in [0.5, 0.6) is 11.6 Å². The normalized spacial score (nSPS) is 12.0. The van der Waals surface area contributed by atoms with Gasteiger partial charge in [-0.15, -0.1) is 0 Å². The molecule has 1 N–H and O–H groups in total. The number of nitrogens with zero attached hydrogens (tertiary/aromatic N) is 2. The Hall–Kier alpha value is -4.58. The Morgan fingerprint density at radius 2 is 1.59 bits per heavy atom. The van der Waals surface area contributed by atoms with Crippen LogP contribution in [0.2, 0.25) is 0 Å². The van der Waals surface area contributed by atoms with Crippen molar-refractivity contribution in [1.82, 2.24) is 9.36 Å². The largest absolute Gasteiger partial charge is 0.439 e. The lowest BCUT2D eigenvalue weighted by atomic mass is 10.0. The van der Waals surface area contributed by atoms with Gasteiger partial charge in [-0.3, -0.25) is 9.59 Å². The number of ether oxygens (including phenoxy) is 1. The van der Waals surface area contributed by atoms with Gasteiger partial charge in [-0.2, -0.15) is 0 Å². The number of anilines is 1. The summed E-state index contributed by atoms with van der Waals surface area (Å²) in [5, 5.41) is 5.02. The summed E-state index contributed by atoms with van der Waals surface area (Å²) in [6.45, 7) is -0.0785. The third kappa shape index (κ3) is 3.36. The molecule has 0 bridgehead atoms. The molecule has 6 heteroatoms. The SMILES string of the molecule is O=C(Cn1c2c(c(=O)n1-c1ccccc1)Cc1ccccc1O2)Nc1cccc2ccccc12. The molecule has 0 unspecified atom stereocenters. The summed E-state index contributed by atoms with van der Waals surface area (Å²) in [6.07, 6.45) is 0.453. The molecule has 6 nitrogen and oxygen atoms in total. The Labute approximate surface area is 195 Å². The third-order valence-electron chi connectivity index (χ3n) is 6.09. The summed E-state index contributed by atoms with van der Waals surface area (Å²) in [6, 6.07) is 30.7. The van der Waals surface area contributed by atoms with Crippen LogP contribution in [0, 0.1) is 0 Å². The summed E-state index contributed by atoms with van der Waals surface area (Å²) in [5.41, 5.74) is 2.70. The van der Waals surface area contributed by atoms with E-state index in [1.54, 1.807) is 4.68 Å². The van der Waals surface area contributed by atoms with Gasteiger partial charge in [0.2, 0.25) is 11.8 Å². The fourth-order valence-corrected chi connectivity index (χ4v) is 4.51. The van der Waals surface area contributed by atoms with E-state index in [4.69, 9.17) is 4.74 Å². The summed E-state index contributed by atoms with van der Waals surface area (Å²) in [7, 11) is 0. The molecule has 0 saturated carbocycles. The van der Waals surface area contributed by atoms with Gasteiger partial charge in [-0.05, 0) is 35.2 Å². The molecule has 1 amide bonds. The van der Waals surface area contributed by atoms with Gasteiger partial charge in [-0.25, -0.2) is 9.36 Å². The summed E-state index contributed by atoms with van der Waals surface area (Å²) < 4.78 is 9.33. The lowest BCUT2D eigenvalue weighted by Gasteiger charge is -2.19. The Morgan fingerprint density at radius 1 is 0.853 bits per heavy atom. The zero-order valence-electron chi connectivity index (χ0n) is 18.3. The van der Waals surface area contributed by atoms with E-state index < -0.39 is 0 Å². The standard InChI is InChI=1S/C28H21N3O3/c32-26(29-24-15-8-11-19-9-4-6-14-22(19)24)18-30-28-23(17-20-10-5-7-16-25(20)34-28)27(33)31(30)21-12-2-1-3-13-21/h1-16H,17-18H2,(H,29,32). The van der Waals surface area contributed by atoms with Crippen LogP contribution in [0.15, 0.2) is 102 Å². The van der Waals surface area contributed by atoms with Crippen LogP contribution in [0.25, 0.3) is 16.5 Å². The smallest absolute Gasteiger partial charge is 0.278 e. The lowest BCUT2D eigenvalue weighted by molar-refractivity contribution is -0.117. The van der Waals surface area contributed by atoms with Crippen molar-refractivity contribution >= 4 is 22.4 Å². The Morgan fingerprint density at radius 3 is 2.47 bits per heavy atom. The minimum Gasteiger partial charge on any atom is -0.439 e. The highest BCUT2D eigenvalue weighted by molar-refractivity contribution is 6.02. The van der Waals surface area contributed by atoms with Crippen molar-refractivity contribution in [3.63, 3.8) is 0 Å². The molecular formula is C28H21N3O3. The van der Waals surface area contributed by atoms with Crippen molar-refractivity contribution in [3.8, 4) is 17.3 Å². The first-order valence-corrected chi connectivity index (χ1v) is 11.1. The van der Waals surface area contributed by atoms with Crippen LogP contribution >= 0.6 is 0 Å². The van der Waals surface area contributed by atoms with E-state index in [9.17, 15) is 9.59 Å². The molecule has 0 aliphatic carbocycles. The quantitative estimate of drug-likeness (QED) is 0.408. The van der Waals surface area contributed by atoms with Crippen LogP contribution in [0.3, 0.4) is 0 Å². The average molecular weight is 447 g/mol. The number of para-hydroxylation sites is 2. The van der Waals surface area contributed by atoms with Gasteiger partial charge in [0.05, 0.1) is 11.3 Å². The summed E-state index contributed by atoms with van der Waals surface area (Å²) in [5.74, 6) is 0.852. The van der Waals surface area contributed by atoms with Crippen molar-refractivity contribution in [2.24, 2.45) is 0 Å². The number of carbonyl (C=O) groups excluding carboxylic acids is 1.